The Kier molecular flexibility index (Phi) is 7.70. The normalized spacial score (nSPS) is 10.4. The third-order valence-corrected chi connectivity index (χ3v) is 3.63. The van der Waals surface area contributed by atoms with Gasteiger partial charge in [0.05, 0.1) is 13.3 Å². The first kappa shape index (κ1) is 19.5. The fourth-order valence-electron chi connectivity index (χ4n) is 1.92. The lowest BCUT2D eigenvalue weighted by Crippen LogP contribution is -2.24. The van der Waals surface area contributed by atoms with Crippen molar-refractivity contribution in [2.45, 2.75) is 0 Å². The van der Waals surface area contributed by atoms with Crippen LogP contribution in [-0.4, -0.2) is 32.4 Å². The van der Waals surface area contributed by atoms with Gasteiger partial charge in [0.2, 0.25) is 0 Å². The Bertz CT molecular complexity index is 776. The molecule has 0 saturated heterocycles. The number of halogens is 1. The second kappa shape index (κ2) is 10.2. The van der Waals surface area contributed by atoms with E-state index >= 15 is 0 Å². The number of hydrogen-bond donors (Lipinski definition) is 1. The van der Waals surface area contributed by atoms with Gasteiger partial charge in [-0.15, -0.1) is 0 Å². The fraction of sp³-hybridized carbons (Fsp3) is 0.158. The summed E-state index contributed by atoms with van der Waals surface area (Å²) in [4.78, 5) is 11.8. The lowest BCUT2D eigenvalue weighted by molar-refractivity contribution is -0.123. The molecule has 0 radical (unpaired) electrons. The summed E-state index contributed by atoms with van der Waals surface area (Å²) in [6.45, 7) is 3.87. The zero-order valence-electron chi connectivity index (χ0n) is 14.3. The number of rotatable bonds is 9. The molecule has 26 heavy (non-hydrogen) atoms. The summed E-state index contributed by atoms with van der Waals surface area (Å²) in [5.74, 6) is 1.37. The Labute approximate surface area is 160 Å². The molecule has 0 bridgehead atoms. The maximum Gasteiger partial charge on any atom is 0.277 e. The molecule has 2 aromatic carbocycles. The number of carbonyl (C=O) groups excluding carboxylic acids is 1. The highest BCUT2D eigenvalue weighted by atomic mass is 79.9. The zero-order chi connectivity index (χ0) is 18.8. The Morgan fingerprint density at radius 3 is 2.65 bits per heavy atom. The molecular formula is C19H19BrN2O4. The van der Waals surface area contributed by atoms with Crippen LogP contribution in [0, 0.1) is 0 Å². The van der Waals surface area contributed by atoms with Crippen molar-refractivity contribution in [3.05, 3.63) is 65.2 Å². The Hall–Kier alpha value is -2.80. The van der Waals surface area contributed by atoms with E-state index in [0.717, 1.165) is 15.8 Å². The van der Waals surface area contributed by atoms with Gasteiger partial charge in [-0.3, -0.25) is 4.79 Å². The highest BCUT2D eigenvalue weighted by Gasteiger charge is 2.07. The molecule has 0 heterocycles. The van der Waals surface area contributed by atoms with Crippen molar-refractivity contribution in [1.82, 2.24) is 5.43 Å². The average Bonchev–Trinajstić information content (AvgIpc) is 2.66. The van der Waals surface area contributed by atoms with E-state index in [2.05, 4.69) is 33.0 Å². The van der Waals surface area contributed by atoms with E-state index in [4.69, 9.17) is 14.2 Å². The van der Waals surface area contributed by atoms with Gasteiger partial charge in [-0.05, 0) is 48.0 Å². The van der Waals surface area contributed by atoms with Crippen LogP contribution >= 0.6 is 15.9 Å². The van der Waals surface area contributed by atoms with Gasteiger partial charge in [0.25, 0.3) is 5.91 Å². The minimum absolute atomic E-state index is 0.177. The van der Waals surface area contributed by atoms with E-state index < -0.39 is 0 Å². The molecule has 0 spiro atoms. The summed E-state index contributed by atoms with van der Waals surface area (Å²) in [5.41, 5.74) is 3.24. The van der Waals surface area contributed by atoms with Crippen molar-refractivity contribution in [3.63, 3.8) is 0 Å². The standard InChI is InChI=1S/C19H19BrN2O4/c1-3-10-25-16-7-4-14(5-8-16)12-21-22-19(23)13-26-17-9-6-15(20)11-18(17)24-2/h3-9,11-12H,1,10,13H2,2H3,(H,22,23)/b21-12-. The third kappa shape index (κ3) is 6.25. The van der Waals surface area contributed by atoms with Crippen LogP contribution < -0.4 is 19.6 Å². The Morgan fingerprint density at radius 1 is 1.19 bits per heavy atom. The van der Waals surface area contributed by atoms with Crippen LogP contribution in [0.25, 0.3) is 0 Å². The van der Waals surface area contributed by atoms with Crippen LogP contribution in [0.4, 0.5) is 0 Å². The predicted octanol–water partition coefficient (Wildman–Crippen LogP) is 3.55. The minimum atomic E-state index is -0.378. The zero-order valence-corrected chi connectivity index (χ0v) is 15.9. The summed E-state index contributed by atoms with van der Waals surface area (Å²) >= 11 is 3.34. The molecule has 1 N–H and O–H groups in total. The number of hydrazone groups is 1. The Balaban J connectivity index is 1.81. The monoisotopic (exact) mass is 418 g/mol. The van der Waals surface area contributed by atoms with Crippen molar-refractivity contribution in [1.29, 1.82) is 0 Å². The quantitative estimate of drug-likeness (QED) is 0.384. The van der Waals surface area contributed by atoms with Gasteiger partial charge in [0.15, 0.2) is 18.1 Å². The molecule has 1 amide bonds. The molecule has 0 atom stereocenters. The van der Waals surface area contributed by atoms with Crippen LogP contribution in [0.2, 0.25) is 0 Å². The number of benzene rings is 2. The molecule has 136 valence electrons. The highest BCUT2D eigenvalue weighted by Crippen LogP contribution is 2.29. The van der Waals surface area contributed by atoms with Crippen LogP contribution in [0.3, 0.4) is 0 Å². The van der Waals surface area contributed by atoms with E-state index in [1.807, 2.05) is 24.3 Å². The molecule has 0 aliphatic carbocycles. The summed E-state index contributed by atoms with van der Waals surface area (Å²) in [7, 11) is 1.53. The number of amides is 1. The number of methoxy groups -OCH3 is 1. The van der Waals surface area contributed by atoms with Crippen molar-refractivity contribution in [2.24, 2.45) is 5.10 Å². The topological polar surface area (TPSA) is 69.2 Å². The lowest BCUT2D eigenvalue weighted by atomic mass is 10.2. The summed E-state index contributed by atoms with van der Waals surface area (Å²) in [6.07, 6.45) is 3.21. The van der Waals surface area contributed by atoms with Gasteiger partial charge in [0, 0.05) is 4.47 Å². The van der Waals surface area contributed by atoms with Crippen LogP contribution in [-0.2, 0) is 4.79 Å². The molecule has 7 heteroatoms. The number of hydrogen-bond acceptors (Lipinski definition) is 5. The van der Waals surface area contributed by atoms with Crippen molar-refractivity contribution < 1.29 is 19.0 Å². The minimum Gasteiger partial charge on any atom is -0.493 e. The molecule has 2 aromatic rings. The van der Waals surface area contributed by atoms with Crippen molar-refractivity contribution in [2.75, 3.05) is 20.3 Å². The largest absolute Gasteiger partial charge is 0.493 e. The van der Waals surface area contributed by atoms with Gasteiger partial charge in [-0.25, -0.2) is 5.43 Å². The van der Waals surface area contributed by atoms with Crippen LogP contribution in [0.15, 0.2) is 64.7 Å². The summed E-state index contributed by atoms with van der Waals surface area (Å²) < 4.78 is 16.9. The van der Waals surface area contributed by atoms with Gasteiger partial charge >= 0.3 is 0 Å². The Morgan fingerprint density at radius 2 is 1.96 bits per heavy atom. The highest BCUT2D eigenvalue weighted by molar-refractivity contribution is 9.10. The van der Waals surface area contributed by atoms with E-state index in [-0.39, 0.29) is 12.5 Å². The van der Waals surface area contributed by atoms with E-state index in [1.54, 1.807) is 24.3 Å². The SMILES string of the molecule is C=CCOc1ccc(/C=N\NC(=O)COc2ccc(Br)cc2OC)cc1. The molecule has 0 aromatic heterocycles. The number of nitrogens with one attached hydrogen (secondary N) is 1. The van der Waals surface area contributed by atoms with E-state index in [0.29, 0.717) is 18.1 Å². The molecule has 0 unspecified atom stereocenters. The molecule has 0 aliphatic heterocycles. The molecule has 2 rings (SSSR count). The average molecular weight is 419 g/mol. The van der Waals surface area contributed by atoms with Crippen molar-refractivity contribution in [3.8, 4) is 17.2 Å². The first-order valence-corrected chi connectivity index (χ1v) is 8.53. The molecule has 0 aliphatic rings. The molecule has 0 saturated carbocycles. The number of nitrogens with zero attached hydrogens (tertiary/aromatic N) is 1. The van der Waals surface area contributed by atoms with Gasteiger partial charge in [0.1, 0.15) is 12.4 Å². The number of ether oxygens (including phenoxy) is 3. The molecular weight excluding hydrogens is 400 g/mol. The van der Waals surface area contributed by atoms with Gasteiger partial charge in [-0.1, -0.05) is 28.6 Å². The maximum absolute atomic E-state index is 11.8. The number of carbonyl (C=O) groups is 1. The van der Waals surface area contributed by atoms with Gasteiger partial charge < -0.3 is 14.2 Å². The first-order valence-electron chi connectivity index (χ1n) is 7.74. The van der Waals surface area contributed by atoms with Gasteiger partial charge in [-0.2, -0.15) is 5.10 Å². The third-order valence-electron chi connectivity index (χ3n) is 3.14. The maximum atomic E-state index is 11.8. The van der Waals surface area contributed by atoms with Crippen molar-refractivity contribution >= 4 is 28.1 Å². The van der Waals surface area contributed by atoms with Crippen LogP contribution in [0.5, 0.6) is 17.2 Å². The molecule has 6 nitrogen and oxygen atoms in total. The summed E-state index contributed by atoms with van der Waals surface area (Å²) in [5, 5.41) is 3.90. The first-order chi connectivity index (χ1) is 12.6. The van der Waals surface area contributed by atoms with Crippen LogP contribution in [0.1, 0.15) is 5.56 Å². The fourth-order valence-corrected chi connectivity index (χ4v) is 2.26. The van der Waals surface area contributed by atoms with E-state index in [1.165, 1.54) is 13.3 Å². The summed E-state index contributed by atoms with van der Waals surface area (Å²) in [6, 6.07) is 12.6. The second-order valence-electron chi connectivity index (χ2n) is 5.05. The molecule has 0 fully saturated rings. The second-order valence-corrected chi connectivity index (χ2v) is 5.96. The van der Waals surface area contributed by atoms with E-state index in [9.17, 15) is 4.79 Å². The predicted molar refractivity (Wildman–Crippen MR) is 104 cm³/mol. The smallest absolute Gasteiger partial charge is 0.277 e. The lowest BCUT2D eigenvalue weighted by Gasteiger charge is -2.10.